The minimum Gasteiger partial charge on any atom is -0.319 e. The Kier molecular flexibility index (Phi) is 3.47. The molecule has 0 aliphatic heterocycles. The van der Waals surface area contributed by atoms with Gasteiger partial charge < -0.3 is 5.73 Å². The van der Waals surface area contributed by atoms with Crippen molar-refractivity contribution in [2.75, 3.05) is 0 Å². The Morgan fingerprint density at radius 2 is 2.13 bits per heavy atom. The number of hydrogen-bond acceptors (Lipinski definition) is 2. The molecule has 1 aromatic rings. The number of Topliss-reactive ketones (excluding diaryl/α,β-unsaturated/α-hetero) is 1. The highest BCUT2D eigenvalue weighted by Gasteiger charge is 2.21. The van der Waals surface area contributed by atoms with Gasteiger partial charge in [-0.25, -0.2) is 4.39 Å². The van der Waals surface area contributed by atoms with Gasteiger partial charge in [-0.3, -0.25) is 4.79 Å². The highest BCUT2D eigenvalue weighted by atomic mass is 35.5. The van der Waals surface area contributed by atoms with Gasteiger partial charge in [0.1, 0.15) is 5.82 Å². The second kappa shape index (κ2) is 4.29. The highest BCUT2D eigenvalue weighted by molar-refractivity contribution is 6.30. The number of carbonyl (C=O) groups is 1. The van der Waals surface area contributed by atoms with Crippen LogP contribution >= 0.6 is 11.6 Å². The topological polar surface area (TPSA) is 43.1 Å². The number of hydrogen-bond donors (Lipinski definition) is 1. The molecule has 1 aromatic carbocycles. The van der Waals surface area contributed by atoms with E-state index < -0.39 is 11.4 Å². The molecule has 0 unspecified atom stereocenters. The van der Waals surface area contributed by atoms with E-state index >= 15 is 0 Å². The third-order valence-corrected chi connectivity index (χ3v) is 2.37. The van der Waals surface area contributed by atoms with E-state index in [1.165, 1.54) is 12.1 Å². The Morgan fingerprint density at radius 1 is 1.53 bits per heavy atom. The van der Waals surface area contributed by atoms with Gasteiger partial charge in [-0.05, 0) is 31.5 Å². The van der Waals surface area contributed by atoms with E-state index in [2.05, 4.69) is 0 Å². The van der Waals surface area contributed by atoms with Crippen molar-refractivity contribution in [2.45, 2.75) is 25.8 Å². The lowest BCUT2D eigenvalue weighted by molar-refractivity contribution is -0.122. The molecule has 0 spiro atoms. The van der Waals surface area contributed by atoms with Crippen LogP contribution in [0.2, 0.25) is 5.02 Å². The predicted octanol–water partition coefficient (Wildman–Crippen LogP) is 2.33. The number of ketones is 1. The van der Waals surface area contributed by atoms with Crippen molar-refractivity contribution in [3.8, 4) is 0 Å². The van der Waals surface area contributed by atoms with Crippen LogP contribution < -0.4 is 5.73 Å². The van der Waals surface area contributed by atoms with E-state index in [0.717, 1.165) is 0 Å². The first-order chi connectivity index (χ1) is 6.80. The first-order valence-corrected chi connectivity index (χ1v) is 4.94. The lowest BCUT2D eigenvalue weighted by atomic mass is 9.95. The molecule has 0 saturated carbocycles. The summed E-state index contributed by atoms with van der Waals surface area (Å²) in [4.78, 5) is 11.5. The van der Waals surface area contributed by atoms with E-state index in [0.29, 0.717) is 5.56 Å². The summed E-state index contributed by atoms with van der Waals surface area (Å²) in [6, 6.07) is 4.31. The van der Waals surface area contributed by atoms with Crippen molar-refractivity contribution in [2.24, 2.45) is 5.73 Å². The van der Waals surface area contributed by atoms with Crippen LogP contribution in [0.25, 0.3) is 0 Å². The summed E-state index contributed by atoms with van der Waals surface area (Å²) < 4.78 is 13.1. The van der Waals surface area contributed by atoms with E-state index in [-0.39, 0.29) is 17.2 Å². The Labute approximate surface area is 93.2 Å². The molecule has 2 nitrogen and oxygen atoms in total. The predicted molar refractivity (Wildman–Crippen MR) is 58.4 cm³/mol. The van der Waals surface area contributed by atoms with Gasteiger partial charge in [0.05, 0.1) is 10.6 Å². The number of halogens is 2. The zero-order valence-electron chi connectivity index (χ0n) is 8.68. The molecule has 4 heteroatoms. The van der Waals surface area contributed by atoms with Crippen molar-refractivity contribution < 1.29 is 9.18 Å². The number of benzene rings is 1. The van der Waals surface area contributed by atoms with Crippen LogP contribution in [0.5, 0.6) is 0 Å². The van der Waals surface area contributed by atoms with Crippen LogP contribution in [0.3, 0.4) is 0 Å². The maximum Gasteiger partial charge on any atom is 0.156 e. The van der Waals surface area contributed by atoms with Gasteiger partial charge in [0.2, 0.25) is 0 Å². The van der Waals surface area contributed by atoms with Crippen LogP contribution in [0.15, 0.2) is 18.2 Å². The van der Waals surface area contributed by atoms with Crippen LogP contribution in [0.1, 0.15) is 19.4 Å². The van der Waals surface area contributed by atoms with E-state index in [9.17, 15) is 9.18 Å². The fraction of sp³-hybridized carbons (Fsp3) is 0.364. The summed E-state index contributed by atoms with van der Waals surface area (Å²) in [6.45, 7) is 3.25. The fourth-order valence-corrected chi connectivity index (χ4v) is 1.18. The molecular formula is C11H13ClFNO. The van der Waals surface area contributed by atoms with Crippen molar-refractivity contribution in [1.82, 2.24) is 0 Å². The molecule has 0 fully saturated rings. The van der Waals surface area contributed by atoms with Crippen molar-refractivity contribution >= 4 is 17.4 Å². The van der Waals surface area contributed by atoms with E-state index in [1.54, 1.807) is 19.9 Å². The van der Waals surface area contributed by atoms with Crippen LogP contribution in [-0.4, -0.2) is 11.3 Å². The lowest BCUT2D eigenvalue weighted by Gasteiger charge is -2.16. The maximum absolute atomic E-state index is 13.1. The molecular weight excluding hydrogens is 217 g/mol. The molecule has 0 atom stereocenters. The molecule has 0 bridgehead atoms. The smallest absolute Gasteiger partial charge is 0.156 e. The Balaban J connectivity index is 2.83. The Bertz CT molecular complexity index is 385. The molecule has 0 saturated heterocycles. The zero-order valence-corrected chi connectivity index (χ0v) is 9.44. The van der Waals surface area contributed by atoms with Gasteiger partial charge in [-0.2, -0.15) is 0 Å². The molecule has 0 aliphatic rings. The van der Waals surface area contributed by atoms with Gasteiger partial charge in [0.25, 0.3) is 0 Å². The molecule has 0 aromatic heterocycles. The fourth-order valence-electron chi connectivity index (χ4n) is 1.06. The largest absolute Gasteiger partial charge is 0.319 e. The molecule has 15 heavy (non-hydrogen) atoms. The average molecular weight is 230 g/mol. The van der Waals surface area contributed by atoms with Gasteiger partial charge in [0, 0.05) is 6.42 Å². The molecule has 0 heterocycles. The van der Waals surface area contributed by atoms with E-state index in [1.807, 2.05) is 0 Å². The van der Waals surface area contributed by atoms with Crippen LogP contribution in [-0.2, 0) is 11.2 Å². The molecule has 0 radical (unpaired) electrons. The van der Waals surface area contributed by atoms with Gasteiger partial charge >= 0.3 is 0 Å². The monoisotopic (exact) mass is 229 g/mol. The summed E-state index contributed by atoms with van der Waals surface area (Å²) in [6.07, 6.45) is 0.123. The second-order valence-electron chi connectivity index (χ2n) is 4.07. The van der Waals surface area contributed by atoms with Crippen molar-refractivity contribution in [1.29, 1.82) is 0 Å². The summed E-state index contributed by atoms with van der Waals surface area (Å²) in [5.41, 5.74) is 5.32. The molecule has 2 N–H and O–H groups in total. The van der Waals surface area contributed by atoms with Gasteiger partial charge in [-0.1, -0.05) is 17.7 Å². The highest BCUT2D eigenvalue weighted by Crippen LogP contribution is 2.17. The first-order valence-electron chi connectivity index (χ1n) is 4.57. The third kappa shape index (κ3) is 3.29. The van der Waals surface area contributed by atoms with Crippen molar-refractivity contribution in [3.05, 3.63) is 34.6 Å². The first kappa shape index (κ1) is 12.1. The standard InChI is InChI=1S/C11H13ClFNO/c1-11(2,14)10(15)6-7-3-4-8(12)9(13)5-7/h3-5H,6,14H2,1-2H3. The number of rotatable bonds is 3. The normalized spacial score (nSPS) is 11.5. The van der Waals surface area contributed by atoms with Gasteiger partial charge in [-0.15, -0.1) is 0 Å². The lowest BCUT2D eigenvalue weighted by Crippen LogP contribution is -2.42. The molecule has 82 valence electrons. The Hall–Kier alpha value is -0.930. The second-order valence-corrected chi connectivity index (χ2v) is 4.48. The third-order valence-electron chi connectivity index (χ3n) is 2.07. The molecule has 0 amide bonds. The zero-order chi connectivity index (χ0) is 11.6. The average Bonchev–Trinajstić information content (AvgIpc) is 2.10. The summed E-state index contributed by atoms with van der Waals surface area (Å²) >= 11 is 5.52. The van der Waals surface area contributed by atoms with Crippen LogP contribution in [0.4, 0.5) is 4.39 Å². The van der Waals surface area contributed by atoms with E-state index in [4.69, 9.17) is 17.3 Å². The van der Waals surface area contributed by atoms with Crippen LogP contribution in [0, 0.1) is 5.82 Å². The molecule has 0 aliphatic carbocycles. The maximum atomic E-state index is 13.1. The minimum atomic E-state index is -0.893. The SMILES string of the molecule is CC(C)(N)C(=O)Cc1ccc(Cl)c(F)c1. The Morgan fingerprint density at radius 3 is 2.60 bits per heavy atom. The quantitative estimate of drug-likeness (QED) is 0.865. The minimum absolute atomic E-state index is 0.0539. The summed E-state index contributed by atoms with van der Waals surface area (Å²) in [5.74, 6) is -0.652. The number of nitrogens with two attached hydrogens (primary N) is 1. The van der Waals surface area contributed by atoms with Gasteiger partial charge in [0.15, 0.2) is 5.78 Å². The van der Waals surface area contributed by atoms with Crippen molar-refractivity contribution in [3.63, 3.8) is 0 Å². The summed E-state index contributed by atoms with van der Waals surface area (Å²) in [7, 11) is 0. The molecule has 1 rings (SSSR count). The number of carbonyl (C=O) groups excluding carboxylic acids is 1. The summed E-state index contributed by atoms with van der Waals surface area (Å²) in [5, 5.41) is 0.0539.